The van der Waals surface area contributed by atoms with Crippen molar-refractivity contribution in [3.8, 4) is 0 Å². The van der Waals surface area contributed by atoms with Gasteiger partial charge in [-0.2, -0.15) is 0 Å². The Labute approximate surface area is 167 Å². The number of rotatable bonds is 7. The van der Waals surface area contributed by atoms with E-state index in [0.717, 1.165) is 12.8 Å². The van der Waals surface area contributed by atoms with E-state index in [1.54, 1.807) is 48.5 Å². The smallest absolute Gasteiger partial charge is 0.331 e. The van der Waals surface area contributed by atoms with Gasteiger partial charge in [-0.05, 0) is 42.7 Å². The first kappa shape index (κ1) is 19.6. The van der Waals surface area contributed by atoms with Crippen molar-refractivity contribution < 1.29 is 19.1 Å². The zero-order chi connectivity index (χ0) is 19.9. The number of carbonyl (C=O) groups excluding carboxylic acids is 3. The molecule has 1 saturated carbocycles. The summed E-state index contributed by atoms with van der Waals surface area (Å²) in [4.78, 5) is 36.1. The van der Waals surface area contributed by atoms with Gasteiger partial charge in [0.05, 0.1) is 11.3 Å². The molecule has 0 unspecified atom stereocenters. The lowest BCUT2D eigenvalue weighted by atomic mass is 10.1. The second-order valence-corrected chi connectivity index (χ2v) is 6.71. The fourth-order valence-corrected chi connectivity index (χ4v) is 2.62. The van der Waals surface area contributed by atoms with Crippen LogP contribution in [-0.4, -0.2) is 30.4 Å². The molecule has 144 valence electrons. The molecule has 0 saturated heterocycles. The summed E-state index contributed by atoms with van der Waals surface area (Å²) in [5, 5.41) is 5.98. The third-order valence-electron chi connectivity index (χ3n) is 4.01. The van der Waals surface area contributed by atoms with Crippen molar-refractivity contribution in [1.82, 2.24) is 5.32 Å². The molecule has 0 aromatic heterocycles. The number of ether oxygens (including phenoxy) is 1. The quantitative estimate of drug-likeness (QED) is 0.552. The molecule has 6 nitrogen and oxygen atoms in total. The van der Waals surface area contributed by atoms with Gasteiger partial charge in [-0.3, -0.25) is 9.59 Å². The average Bonchev–Trinajstić information content (AvgIpc) is 3.50. The molecule has 7 heteroatoms. The van der Waals surface area contributed by atoms with E-state index in [9.17, 15) is 14.4 Å². The van der Waals surface area contributed by atoms with Crippen LogP contribution in [0.4, 0.5) is 5.69 Å². The minimum Gasteiger partial charge on any atom is -0.452 e. The summed E-state index contributed by atoms with van der Waals surface area (Å²) in [6.45, 7) is -0.468. The lowest BCUT2D eigenvalue weighted by Crippen LogP contribution is -2.27. The van der Waals surface area contributed by atoms with Crippen LogP contribution in [0.3, 0.4) is 0 Å². The number of para-hydroxylation sites is 1. The number of halogens is 1. The summed E-state index contributed by atoms with van der Waals surface area (Å²) in [5.74, 6) is -1.45. The van der Waals surface area contributed by atoms with Gasteiger partial charge in [0, 0.05) is 17.1 Å². The largest absolute Gasteiger partial charge is 0.452 e. The van der Waals surface area contributed by atoms with E-state index >= 15 is 0 Å². The van der Waals surface area contributed by atoms with Crippen LogP contribution in [0.25, 0.3) is 6.08 Å². The zero-order valence-corrected chi connectivity index (χ0v) is 15.7. The molecule has 1 aliphatic rings. The molecule has 1 fully saturated rings. The van der Waals surface area contributed by atoms with Gasteiger partial charge in [0.15, 0.2) is 6.61 Å². The number of hydrogen-bond donors (Lipinski definition) is 2. The van der Waals surface area contributed by atoms with E-state index in [2.05, 4.69) is 10.6 Å². The number of anilines is 1. The van der Waals surface area contributed by atoms with Crippen molar-refractivity contribution >= 4 is 41.1 Å². The summed E-state index contributed by atoms with van der Waals surface area (Å²) < 4.78 is 4.93. The van der Waals surface area contributed by atoms with Crippen molar-refractivity contribution in [2.24, 2.45) is 0 Å². The van der Waals surface area contributed by atoms with Crippen LogP contribution in [0, 0.1) is 0 Å². The Hall–Kier alpha value is -3.12. The number of carbonyl (C=O) groups is 3. The van der Waals surface area contributed by atoms with Crippen LogP contribution in [0.1, 0.15) is 28.8 Å². The summed E-state index contributed by atoms with van der Waals surface area (Å²) in [6, 6.07) is 13.9. The molecule has 1 aliphatic carbocycles. The van der Waals surface area contributed by atoms with E-state index < -0.39 is 18.5 Å². The van der Waals surface area contributed by atoms with Gasteiger partial charge in [0.2, 0.25) is 0 Å². The van der Waals surface area contributed by atoms with E-state index in [0.29, 0.717) is 21.8 Å². The highest BCUT2D eigenvalue weighted by Crippen LogP contribution is 2.21. The molecule has 2 amide bonds. The average molecular weight is 399 g/mol. The van der Waals surface area contributed by atoms with Crippen molar-refractivity contribution in [2.75, 3.05) is 11.9 Å². The fourth-order valence-electron chi connectivity index (χ4n) is 2.42. The van der Waals surface area contributed by atoms with E-state index in [1.807, 2.05) is 0 Å². The number of benzene rings is 2. The minimum absolute atomic E-state index is 0.210. The third kappa shape index (κ3) is 5.69. The molecule has 0 heterocycles. The zero-order valence-electron chi connectivity index (χ0n) is 15.0. The standard InChI is InChI=1S/C21H19ClN2O4/c22-17-7-3-1-5-14(17)9-12-20(26)28-13-19(25)24-18-8-4-2-6-16(18)21(27)23-15-10-11-15/h1-9,12,15H,10-11,13H2,(H,23,27)(H,24,25)/b12-9+. The Morgan fingerprint density at radius 2 is 1.79 bits per heavy atom. The Kier molecular flexibility index (Phi) is 6.45. The second-order valence-electron chi connectivity index (χ2n) is 6.30. The predicted molar refractivity (Wildman–Crippen MR) is 107 cm³/mol. The van der Waals surface area contributed by atoms with Gasteiger partial charge in [0.1, 0.15) is 0 Å². The molecule has 3 rings (SSSR count). The van der Waals surface area contributed by atoms with Gasteiger partial charge < -0.3 is 15.4 Å². The molecular weight excluding hydrogens is 380 g/mol. The number of nitrogens with one attached hydrogen (secondary N) is 2. The first-order valence-electron chi connectivity index (χ1n) is 8.82. The van der Waals surface area contributed by atoms with E-state index in [4.69, 9.17) is 16.3 Å². The van der Waals surface area contributed by atoms with Crippen LogP contribution >= 0.6 is 11.6 Å². The highest BCUT2D eigenvalue weighted by atomic mass is 35.5. The van der Waals surface area contributed by atoms with Crippen molar-refractivity contribution in [3.63, 3.8) is 0 Å². The van der Waals surface area contributed by atoms with Crippen LogP contribution < -0.4 is 10.6 Å². The Morgan fingerprint density at radius 3 is 2.54 bits per heavy atom. The fraction of sp³-hybridized carbons (Fsp3) is 0.190. The molecular formula is C21H19ClN2O4. The first-order valence-corrected chi connectivity index (χ1v) is 9.20. The van der Waals surface area contributed by atoms with Crippen LogP contribution in [0.5, 0.6) is 0 Å². The van der Waals surface area contributed by atoms with Gasteiger partial charge in [-0.25, -0.2) is 4.79 Å². The second kappa shape index (κ2) is 9.19. The van der Waals surface area contributed by atoms with E-state index in [1.165, 1.54) is 12.2 Å². The monoisotopic (exact) mass is 398 g/mol. The molecule has 0 bridgehead atoms. The molecule has 0 spiro atoms. The lowest BCUT2D eigenvalue weighted by molar-refractivity contribution is -0.142. The predicted octanol–water partition coefficient (Wildman–Crippen LogP) is 3.43. The maximum atomic E-state index is 12.2. The summed E-state index contributed by atoms with van der Waals surface area (Å²) >= 11 is 6.00. The Balaban J connectivity index is 1.52. The topological polar surface area (TPSA) is 84.5 Å². The van der Waals surface area contributed by atoms with Crippen molar-refractivity contribution in [3.05, 3.63) is 70.8 Å². The summed E-state index contributed by atoms with van der Waals surface area (Å²) in [6.07, 6.45) is 4.65. The van der Waals surface area contributed by atoms with Crippen molar-refractivity contribution in [1.29, 1.82) is 0 Å². The van der Waals surface area contributed by atoms with E-state index in [-0.39, 0.29) is 11.9 Å². The summed E-state index contributed by atoms with van der Waals surface area (Å²) in [7, 11) is 0. The first-order chi connectivity index (χ1) is 13.5. The highest BCUT2D eigenvalue weighted by molar-refractivity contribution is 6.32. The number of amides is 2. The molecule has 0 atom stereocenters. The van der Waals surface area contributed by atoms with Gasteiger partial charge in [-0.1, -0.05) is 41.9 Å². The minimum atomic E-state index is -0.671. The van der Waals surface area contributed by atoms with Gasteiger partial charge in [-0.15, -0.1) is 0 Å². The third-order valence-corrected chi connectivity index (χ3v) is 4.35. The molecule has 2 aromatic carbocycles. The normalized spacial score (nSPS) is 13.2. The van der Waals surface area contributed by atoms with Crippen molar-refractivity contribution in [2.45, 2.75) is 18.9 Å². The number of esters is 1. The molecule has 28 heavy (non-hydrogen) atoms. The Morgan fingerprint density at radius 1 is 1.07 bits per heavy atom. The maximum absolute atomic E-state index is 12.2. The summed E-state index contributed by atoms with van der Waals surface area (Å²) in [5.41, 5.74) is 1.40. The van der Waals surface area contributed by atoms with Gasteiger partial charge in [0.25, 0.3) is 11.8 Å². The highest BCUT2D eigenvalue weighted by Gasteiger charge is 2.25. The molecule has 2 N–H and O–H groups in total. The molecule has 0 aliphatic heterocycles. The van der Waals surface area contributed by atoms with Crippen LogP contribution in [0.2, 0.25) is 5.02 Å². The number of hydrogen-bond acceptors (Lipinski definition) is 4. The molecule has 2 aromatic rings. The maximum Gasteiger partial charge on any atom is 0.331 e. The van der Waals surface area contributed by atoms with Crippen LogP contribution in [-0.2, 0) is 14.3 Å². The lowest BCUT2D eigenvalue weighted by Gasteiger charge is -2.11. The molecule has 0 radical (unpaired) electrons. The van der Waals surface area contributed by atoms with Gasteiger partial charge >= 0.3 is 5.97 Å². The Bertz CT molecular complexity index is 922. The SMILES string of the molecule is O=C(COC(=O)/C=C/c1ccccc1Cl)Nc1ccccc1C(=O)NC1CC1. The van der Waals surface area contributed by atoms with Crippen LogP contribution in [0.15, 0.2) is 54.6 Å².